The minimum Gasteiger partial charge on any atom is -0.390 e. The van der Waals surface area contributed by atoms with Crippen molar-refractivity contribution in [2.45, 2.75) is 90.6 Å². The standard InChI is InChI=1S/C28H48N2O2/c1-4-13-29-14-16-30(17-15-29)19-26(31)25-8-7-24-23-6-5-20-18-27(2,32)11-9-21(20)22(23)10-12-28(24,25)3/h20-25,32H,4-19H2,1-3H3. The molecule has 182 valence electrons. The van der Waals surface area contributed by atoms with Gasteiger partial charge in [-0.25, -0.2) is 0 Å². The first-order valence-corrected chi connectivity index (χ1v) is 14.0. The van der Waals surface area contributed by atoms with E-state index in [1.165, 1.54) is 51.5 Å². The van der Waals surface area contributed by atoms with Gasteiger partial charge in [0.1, 0.15) is 5.78 Å². The van der Waals surface area contributed by atoms with Crippen LogP contribution < -0.4 is 0 Å². The fourth-order valence-corrected chi connectivity index (χ4v) is 9.43. The Morgan fingerprint density at radius 1 is 0.875 bits per heavy atom. The maximum Gasteiger partial charge on any atom is 0.150 e. The molecular formula is C28H48N2O2. The number of rotatable bonds is 5. The van der Waals surface area contributed by atoms with Crippen LogP contribution in [0.15, 0.2) is 0 Å². The predicted octanol–water partition coefficient (Wildman–Crippen LogP) is 4.60. The van der Waals surface area contributed by atoms with E-state index >= 15 is 0 Å². The second kappa shape index (κ2) is 8.96. The summed E-state index contributed by atoms with van der Waals surface area (Å²) >= 11 is 0. The molecule has 0 aromatic rings. The Bertz CT molecular complexity index is 685. The van der Waals surface area contributed by atoms with Gasteiger partial charge in [-0.05, 0) is 113 Å². The molecule has 5 rings (SSSR count). The van der Waals surface area contributed by atoms with Crippen molar-refractivity contribution < 1.29 is 9.90 Å². The first-order chi connectivity index (χ1) is 15.3. The van der Waals surface area contributed by atoms with Crippen molar-refractivity contribution in [1.82, 2.24) is 9.80 Å². The Labute approximate surface area is 196 Å². The van der Waals surface area contributed by atoms with E-state index in [2.05, 4.69) is 30.6 Å². The van der Waals surface area contributed by atoms with Crippen LogP contribution in [0, 0.1) is 40.9 Å². The van der Waals surface area contributed by atoms with Gasteiger partial charge in [0.15, 0.2) is 0 Å². The SMILES string of the molecule is CCCN1CCN(CC(=O)C2CCC3C4CCC5CC(C)(O)CCC5C4CCC23C)CC1. The molecule has 1 heterocycles. The summed E-state index contributed by atoms with van der Waals surface area (Å²) in [5.41, 5.74) is -0.181. The largest absolute Gasteiger partial charge is 0.390 e. The molecule has 0 bridgehead atoms. The monoisotopic (exact) mass is 444 g/mol. The van der Waals surface area contributed by atoms with Crippen LogP contribution in [0.4, 0.5) is 0 Å². The average Bonchev–Trinajstić information content (AvgIpc) is 3.11. The smallest absolute Gasteiger partial charge is 0.150 e. The lowest BCUT2D eigenvalue weighted by molar-refractivity contribution is -0.133. The topological polar surface area (TPSA) is 43.8 Å². The zero-order valence-electron chi connectivity index (χ0n) is 21.0. The number of ketones is 1. The van der Waals surface area contributed by atoms with E-state index in [0.29, 0.717) is 18.2 Å². The number of fused-ring (bicyclic) bond motifs is 5. The first kappa shape index (κ1) is 23.3. The number of aliphatic hydroxyl groups is 1. The Kier molecular flexibility index (Phi) is 6.53. The zero-order chi connectivity index (χ0) is 22.5. The summed E-state index contributed by atoms with van der Waals surface area (Å²) in [7, 11) is 0. The van der Waals surface area contributed by atoms with Gasteiger partial charge in [0.05, 0.1) is 12.1 Å². The van der Waals surface area contributed by atoms with Gasteiger partial charge in [0, 0.05) is 32.1 Å². The molecule has 1 N–H and O–H groups in total. The van der Waals surface area contributed by atoms with Gasteiger partial charge in [-0.1, -0.05) is 13.8 Å². The Morgan fingerprint density at radius 2 is 1.59 bits per heavy atom. The molecule has 0 aromatic heterocycles. The van der Waals surface area contributed by atoms with Crippen LogP contribution >= 0.6 is 0 Å². The van der Waals surface area contributed by atoms with Gasteiger partial charge in [-0.2, -0.15) is 0 Å². The molecule has 4 heteroatoms. The number of Topliss-reactive ketones (excluding diaryl/α,β-unsaturated/α-hetero) is 1. The molecule has 0 amide bonds. The summed E-state index contributed by atoms with van der Waals surface area (Å²) in [6.45, 7) is 13.1. The molecule has 4 nitrogen and oxygen atoms in total. The van der Waals surface area contributed by atoms with E-state index < -0.39 is 5.60 Å². The molecular weight excluding hydrogens is 396 g/mol. The maximum atomic E-state index is 13.6. The highest BCUT2D eigenvalue weighted by Crippen LogP contribution is 2.64. The summed E-state index contributed by atoms with van der Waals surface area (Å²) in [5, 5.41) is 10.6. The van der Waals surface area contributed by atoms with E-state index in [0.717, 1.165) is 75.0 Å². The number of carbonyl (C=O) groups is 1. The molecule has 5 aliphatic rings. The molecule has 5 fully saturated rings. The average molecular weight is 445 g/mol. The quantitative estimate of drug-likeness (QED) is 0.673. The molecule has 1 saturated heterocycles. The van der Waals surface area contributed by atoms with Crippen molar-refractivity contribution in [2.75, 3.05) is 39.3 Å². The third-order valence-corrected chi connectivity index (χ3v) is 11.0. The summed E-state index contributed by atoms with van der Waals surface area (Å²) < 4.78 is 0. The normalized spacial score (nSPS) is 47.5. The molecule has 32 heavy (non-hydrogen) atoms. The summed E-state index contributed by atoms with van der Waals surface area (Å²) in [6.07, 6.45) is 12.2. The van der Waals surface area contributed by atoms with Crippen LogP contribution in [0.25, 0.3) is 0 Å². The van der Waals surface area contributed by atoms with Crippen molar-refractivity contribution in [2.24, 2.45) is 40.9 Å². The highest BCUT2D eigenvalue weighted by atomic mass is 16.3. The highest BCUT2D eigenvalue weighted by molar-refractivity contribution is 5.84. The van der Waals surface area contributed by atoms with Gasteiger partial charge >= 0.3 is 0 Å². The lowest BCUT2D eigenvalue weighted by atomic mass is 9.49. The fourth-order valence-electron chi connectivity index (χ4n) is 9.43. The molecule has 0 spiro atoms. The van der Waals surface area contributed by atoms with Crippen LogP contribution in [-0.4, -0.2) is 65.6 Å². The predicted molar refractivity (Wildman–Crippen MR) is 129 cm³/mol. The molecule has 4 saturated carbocycles. The van der Waals surface area contributed by atoms with Crippen LogP contribution in [0.1, 0.15) is 85.0 Å². The highest BCUT2D eigenvalue weighted by Gasteiger charge is 2.58. The Morgan fingerprint density at radius 3 is 2.34 bits per heavy atom. The molecule has 0 radical (unpaired) electrons. The number of piperazine rings is 1. The third-order valence-electron chi connectivity index (χ3n) is 11.0. The summed E-state index contributed by atoms with van der Waals surface area (Å²) in [5.74, 6) is 4.91. The molecule has 8 unspecified atom stereocenters. The number of nitrogens with zero attached hydrogens (tertiary/aromatic N) is 2. The van der Waals surface area contributed by atoms with Gasteiger partial charge in [0.25, 0.3) is 0 Å². The fraction of sp³-hybridized carbons (Fsp3) is 0.964. The van der Waals surface area contributed by atoms with Gasteiger partial charge in [-0.3, -0.25) is 9.69 Å². The van der Waals surface area contributed by atoms with Crippen LogP contribution in [-0.2, 0) is 4.79 Å². The zero-order valence-corrected chi connectivity index (χ0v) is 21.0. The molecule has 1 aliphatic heterocycles. The van der Waals surface area contributed by atoms with Crippen molar-refractivity contribution in [1.29, 1.82) is 0 Å². The third kappa shape index (κ3) is 4.22. The number of hydrogen-bond acceptors (Lipinski definition) is 4. The van der Waals surface area contributed by atoms with Crippen molar-refractivity contribution >= 4 is 5.78 Å². The van der Waals surface area contributed by atoms with E-state index in [1.54, 1.807) is 0 Å². The van der Waals surface area contributed by atoms with E-state index in [9.17, 15) is 9.90 Å². The number of hydrogen-bond donors (Lipinski definition) is 1. The Hall–Kier alpha value is -0.450. The van der Waals surface area contributed by atoms with Gasteiger partial charge in [0.2, 0.25) is 0 Å². The van der Waals surface area contributed by atoms with Gasteiger partial charge in [-0.15, -0.1) is 0 Å². The van der Waals surface area contributed by atoms with E-state index in [4.69, 9.17) is 0 Å². The van der Waals surface area contributed by atoms with Crippen molar-refractivity contribution in [3.05, 3.63) is 0 Å². The number of carbonyl (C=O) groups excluding carboxylic acids is 1. The van der Waals surface area contributed by atoms with Crippen molar-refractivity contribution in [3.63, 3.8) is 0 Å². The minimum atomic E-state index is -0.427. The maximum absolute atomic E-state index is 13.6. The lowest BCUT2D eigenvalue weighted by Crippen LogP contribution is -2.52. The second-order valence-corrected chi connectivity index (χ2v) is 12.9. The molecule has 4 aliphatic carbocycles. The van der Waals surface area contributed by atoms with Crippen LogP contribution in [0.2, 0.25) is 0 Å². The summed E-state index contributed by atoms with van der Waals surface area (Å²) in [6, 6.07) is 0. The summed E-state index contributed by atoms with van der Waals surface area (Å²) in [4.78, 5) is 18.5. The van der Waals surface area contributed by atoms with E-state index in [-0.39, 0.29) is 5.41 Å². The van der Waals surface area contributed by atoms with E-state index in [1.807, 2.05) is 0 Å². The molecule has 0 aromatic carbocycles. The van der Waals surface area contributed by atoms with Crippen LogP contribution in [0.3, 0.4) is 0 Å². The van der Waals surface area contributed by atoms with Gasteiger partial charge < -0.3 is 10.0 Å². The second-order valence-electron chi connectivity index (χ2n) is 12.9. The van der Waals surface area contributed by atoms with Crippen LogP contribution in [0.5, 0.6) is 0 Å². The minimum absolute atomic E-state index is 0.245. The van der Waals surface area contributed by atoms with Crippen molar-refractivity contribution in [3.8, 4) is 0 Å². The Balaban J connectivity index is 1.21. The lowest BCUT2D eigenvalue weighted by Gasteiger charge is -2.57. The molecule has 8 atom stereocenters. The first-order valence-electron chi connectivity index (χ1n) is 14.0.